The van der Waals surface area contributed by atoms with Gasteiger partial charge in [0.1, 0.15) is 5.82 Å². The van der Waals surface area contributed by atoms with Gasteiger partial charge >= 0.3 is 5.97 Å². The fourth-order valence-electron chi connectivity index (χ4n) is 2.67. The maximum atomic E-state index is 14.3. The van der Waals surface area contributed by atoms with Gasteiger partial charge in [0.2, 0.25) is 5.16 Å². The van der Waals surface area contributed by atoms with Gasteiger partial charge in [-0.3, -0.25) is 0 Å². The van der Waals surface area contributed by atoms with E-state index in [0.717, 1.165) is 4.88 Å². The van der Waals surface area contributed by atoms with Gasteiger partial charge in [-0.1, -0.05) is 33.8 Å². The van der Waals surface area contributed by atoms with Gasteiger partial charge < -0.3 is 4.74 Å². The lowest BCUT2D eigenvalue weighted by molar-refractivity contribution is -0.137. The van der Waals surface area contributed by atoms with Crippen molar-refractivity contribution in [1.82, 2.24) is 14.9 Å². The molecule has 0 spiro atoms. The zero-order valence-corrected chi connectivity index (χ0v) is 18.4. The predicted molar refractivity (Wildman–Crippen MR) is 116 cm³/mol. The average molecular weight is 493 g/mol. The Hall–Kier alpha value is -2.30. The molecule has 6 nitrogen and oxygen atoms in total. The molecule has 0 fully saturated rings. The number of hydrogen-bond acceptors (Lipinski definition) is 7. The second-order valence-electron chi connectivity index (χ2n) is 5.87. The van der Waals surface area contributed by atoms with Gasteiger partial charge in [-0.15, -0.1) is 21.5 Å². The van der Waals surface area contributed by atoms with Crippen molar-refractivity contribution in [2.24, 2.45) is 5.10 Å². The van der Waals surface area contributed by atoms with E-state index in [9.17, 15) is 9.18 Å². The Labute approximate surface area is 182 Å². The summed E-state index contributed by atoms with van der Waals surface area (Å²) in [5.74, 6) is -0.0108. The molecule has 0 radical (unpaired) electrons. The smallest absolute Gasteiger partial charge is 0.340 e. The van der Waals surface area contributed by atoms with Crippen LogP contribution in [0, 0.1) is 5.82 Å². The van der Waals surface area contributed by atoms with E-state index in [1.165, 1.54) is 35.2 Å². The first-order valence-electron chi connectivity index (χ1n) is 8.61. The number of fused-ring (bicyclic) bond motifs is 1. The highest BCUT2D eigenvalue weighted by Gasteiger charge is 2.26. The summed E-state index contributed by atoms with van der Waals surface area (Å²) in [6, 6.07) is 8.38. The van der Waals surface area contributed by atoms with Crippen molar-refractivity contribution in [3.8, 4) is 10.7 Å². The van der Waals surface area contributed by atoms with E-state index in [-0.39, 0.29) is 17.7 Å². The SMILES string of the molecule is CCOC(=O)/C(=C\c1cc(Br)ccc1F)C1=Nn2c(nnc2-c2cccs2)SC1. The molecule has 0 aliphatic carbocycles. The summed E-state index contributed by atoms with van der Waals surface area (Å²) in [7, 11) is 0. The molecular weight excluding hydrogens is 479 g/mol. The van der Waals surface area contributed by atoms with Crippen molar-refractivity contribution in [1.29, 1.82) is 0 Å². The number of rotatable bonds is 5. The molecule has 4 rings (SSSR count). The van der Waals surface area contributed by atoms with Crippen molar-refractivity contribution in [2.75, 3.05) is 12.4 Å². The highest BCUT2D eigenvalue weighted by atomic mass is 79.9. The molecule has 29 heavy (non-hydrogen) atoms. The molecule has 10 heteroatoms. The quantitative estimate of drug-likeness (QED) is 0.375. The zero-order chi connectivity index (χ0) is 20.4. The standard InChI is InChI=1S/C19H14BrFN4O2S2/c1-2-27-18(26)13(9-11-8-12(20)5-6-14(11)21)15-10-29-19-23-22-17(25(19)24-15)16-4-3-7-28-16/h3-9H,2,10H2,1H3/b13-9-. The van der Waals surface area contributed by atoms with Crippen molar-refractivity contribution in [3.63, 3.8) is 0 Å². The number of thiophene rings is 1. The van der Waals surface area contributed by atoms with Gasteiger partial charge in [0, 0.05) is 15.8 Å². The summed E-state index contributed by atoms with van der Waals surface area (Å²) in [5.41, 5.74) is 0.939. The van der Waals surface area contributed by atoms with E-state index in [0.29, 0.717) is 26.9 Å². The van der Waals surface area contributed by atoms with E-state index in [1.807, 2.05) is 17.5 Å². The Morgan fingerprint density at radius 2 is 2.24 bits per heavy atom. The van der Waals surface area contributed by atoms with Crippen molar-refractivity contribution >= 4 is 56.8 Å². The van der Waals surface area contributed by atoms with Crippen molar-refractivity contribution in [3.05, 3.63) is 57.1 Å². The monoisotopic (exact) mass is 492 g/mol. The third kappa shape index (κ3) is 4.19. The van der Waals surface area contributed by atoms with Crippen LogP contribution in [0.25, 0.3) is 16.8 Å². The molecule has 0 bridgehead atoms. The Balaban J connectivity index is 1.81. The second kappa shape index (κ2) is 8.60. The van der Waals surface area contributed by atoms with E-state index in [1.54, 1.807) is 23.7 Å². The lowest BCUT2D eigenvalue weighted by Crippen LogP contribution is -2.22. The number of carbonyl (C=O) groups is 1. The van der Waals surface area contributed by atoms with Crippen LogP contribution in [-0.4, -0.2) is 38.9 Å². The third-order valence-electron chi connectivity index (χ3n) is 3.98. The molecule has 0 unspecified atom stereocenters. The van der Waals surface area contributed by atoms with Gasteiger partial charge in [0.15, 0.2) is 5.82 Å². The van der Waals surface area contributed by atoms with E-state index in [2.05, 4.69) is 31.2 Å². The summed E-state index contributed by atoms with van der Waals surface area (Å²) >= 11 is 6.26. The molecular formula is C19H14BrFN4O2S2. The van der Waals surface area contributed by atoms with E-state index < -0.39 is 11.8 Å². The Morgan fingerprint density at radius 3 is 3.00 bits per heavy atom. The van der Waals surface area contributed by atoms with Crippen LogP contribution < -0.4 is 0 Å². The van der Waals surface area contributed by atoms with Crippen LogP contribution >= 0.6 is 39.0 Å². The lowest BCUT2D eigenvalue weighted by Gasteiger charge is -2.15. The fraction of sp³-hybridized carbons (Fsp3) is 0.158. The van der Waals surface area contributed by atoms with Crippen LogP contribution in [0.15, 0.2) is 56.0 Å². The third-order valence-corrected chi connectivity index (χ3v) is 6.27. The lowest BCUT2D eigenvalue weighted by atomic mass is 10.1. The maximum Gasteiger partial charge on any atom is 0.340 e. The largest absolute Gasteiger partial charge is 0.462 e. The molecule has 0 N–H and O–H groups in total. The van der Waals surface area contributed by atoms with Crippen LogP contribution in [0.2, 0.25) is 0 Å². The number of nitrogens with zero attached hydrogens (tertiary/aromatic N) is 4. The van der Waals surface area contributed by atoms with Crippen molar-refractivity contribution in [2.45, 2.75) is 12.1 Å². The second-order valence-corrected chi connectivity index (χ2v) is 8.68. The van der Waals surface area contributed by atoms with Crippen LogP contribution in [0.4, 0.5) is 4.39 Å². The summed E-state index contributed by atoms with van der Waals surface area (Å²) < 4.78 is 21.8. The Bertz CT molecular complexity index is 1130. The highest BCUT2D eigenvalue weighted by Crippen LogP contribution is 2.31. The van der Waals surface area contributed by atoms with Crippen LogP contribution in [0.3, 0.4) is 0 Å². The molecule has 0 saturated heterocycles. The first kappa shape index (κ1) is 20.0. The van der Waals surface area contributed by atoms with Crippen LogP contribution in [0.5, 0.6) is 0 Å². The first-order chi connectivity index (χ1) is 14.1. The molecule has 0 atom stereocenters. The number of halogens is 2. The highest BCUT2D eigenvalue weighted by molar-refractivity contribution is 9.10. The Morgan fingerprint density at radius 1 is 1.38 bits per heavy atom. The number of esters is 1. The first-order valence-corrected chi connectivity index (χ1v) is 11.3. The molecule has 2 aromatic heterocycles. The summed E-state index contributed by atoms with van der Waals surface area (Å²) in [4.78, 5) is 13.6. The Kier molecular flexibility index (Phi) is 5.93. The van der Waals surface area contributed by atoms with E-state index in [4.69, 9.17) is 4.74 Å². The van der Waals surface area contributed by atoms with Gasteiger partial charge in [-0.25, -0.2) is 9.18 Å². The molecule has 1 aromatic carbocycles. The summed E-state index contributed by atoms with van der Waals surface area (Å²) in [6.45, 7) is 1.93. The van der Waals surface area contributed by atoms with Crippen LogP contribution in [-0.2, 0) is 9.53 Å². The predicted octanol–water partition coefficient (Wildman–Crippen LogP) is 4.86. The number of ether oxygens (including phenoxy) is 1. The molecule has 0 saturated carbocycles. The van der Waals surface area contributed by atoms with Gasteiger partial charge in [0.05, 0.1) is 22.8 Å². The minimum atomic E-state index is -0.555. The molecule has 1 aliphatic rings. The minimum Gasteiger partial charge on any atom is -0.462 e. The number of carbonyl (C=O) groups excluding carboxylic acids is 1. The molecule has 3 heterocycles. The van der Waals surface area contributed by atoms with Gasteiger partial charge in [-0.2, -0.15) is 9.78 Å². The normalized spacial score (nSPS) is 13.8. The van der Waals surface area contributed by atoms with E-state index >= 15 is 0 Å². The average Bonchev–Trinajstić information content (AvgIpc) is 3.37. The topological polar surface area (TPSA) is 69.4 Å². The van der Waals surface area contributed by atoms with Crippen LogP contribution in [0.1, 0.15) is 12.5 Å². The number of aromatic nitrogens is 3. The van der Waals surface area contributed by atoms with Crippen molar-refractivity contribution < 1.29 is 13.9 Å². The molecule has 148 valence electrons. The fourth-order valence-corrected chi connectivity index (χ4v) is 4.57. The van der Waals surface area contributed by atoms with Gasteiger partial charge in [0.25, 0.3) is 0 Å². The molecule has 1 aliphatic heterocycles. The number of hydrogen-bond donors (Lipinski definition) is 0. The zero-order valence-electron chi connectivity index (χ0n) is 15.1. The molecule has 3 aromatic rings. The van der Waals surface area contributed by atoms with Gasteiger partial charge in [-0.05, 0) is 42.6 Å². The maximum absolute atomic E-state index is 14.3. The summed E-state index contributed by atoms with van der Waals surface area (Å²) in [6.07, 6.45) is 1.47. The number of thioether (sulfide) groups is 1. The molecule has 0 amide bonds. The minimum absolute atomic E-state index is 0.202. The summed E-state index contributed by atoms with van der Waals surface area (Å²) in [5, 5.41) is 15.6. The number of benzene rings is 1.